The minimum atomic E-state index is -0.633. The molecule has 114 valence electrons. The van der Waals surface area contributed by atoms with Gasteiger partial charge < -0.3 is 9.84 Å². The maximum Gasteiger partial charge on any atom is 0.147 e. The summed E-state index contributed by atoms with van der Waals surface area (Å²) in [6.45, 7) is 4.30. The molecule has 0 saturated heterocycles. The SMILES string of the molecule is Cc1nc(C)n(C[C@H](O)COc2ccc3ccccc3c2)n1. The Kier molecular flexibility index (Phi) is 4.06. The van der Waals surface area contributed by atoms with Gasteiger partial charge in [-0.1, -0.05) is 30.3 Å². The maximum atomic E-state index is 10.1. The van der Waals surface area contributed by atoms with Gasteiger partial charge in [-0.3, -0.25) is 0 Å². The third kappa shape index (κ3) is 3.26. The van der Waals surface area contributed by atoms with Crippen molar-refractivity contribution in [3.63, 3.8) is 0 Å². The second-order valence-electron chi connectivity index (χ2n) is 5.36. The van der Waals surface area contributed by atoms with Crippen LogP contribution in [0.2, 0.25) is 0 Å². The topological polar surface area (TPSA) is 60.2 Å². The van der Waals surface area contributed by atoms with E-state index >= 15 is 0 Å². The number of aryl methyl sites for hydroxylation is 2. The van der Waals surface area contributed by atoms with Gasteiger partial charge in [0.1, 0.15) is 30.1 Å². The van der Waals surface area contributed by atoms with Crippen molar-refractivity contribution in [2.24, 2.45) is 0 Å². The van der Waals surface area contributed by atoms with Gasteiger partial charge in [-0.2, -0.15) is 5.10 Å². The van der Waals surface area contributed by atoms with Crippen molar-refractivity contribution in [1.82, 2.24) is 14.8 Å². The quantitative estimate of drug-likeness (QED) is 0.786. The molecule has 0 radical (unpaired) electrons. The van der Waals surface area contributed by atoms with Crippen molar-refractivity contribution in [2.75, 3.05) is 6.61 Å². The van der Waals surface area contributed by atoms with E-state index in [-0.39, 0.29) is 6.61 Å². The Labute approximate surface area is 129 Å². The first-order chi connectivity index (χ1) is 10.6. The van der Waals surface area contributed by atoms with E-state index in [1.54, 1.807) is 4.68 Å². The van der Waals surface area contributed by atoms with Crippen LogP contribution in [0, 0.1) is 13.8 Å². The number of nitrogens with zero attached hydrogens (tertiary/aromatic N) is 3. The molecule has 22 heavy (non-hydrogen) atoms. The number of aliphatic hydroxyl groups is 1. The normalized spacial score (nSPS) is 12.5. The molecule has 0 bridgehead atoms. The number of hydrogen-bond acceptors (Lipinski definition) is 4. The number of aromatic nitrogens is 3. The van der Waals surface area contributed by atoms with E-state index < -0.39 is 6.10 Å². The zero-order chi connectivity index (χ0) is 15.5. The van der Waals surface area contributed by atoms with Crippen molar-refractivity contribution in [3.8, 4) is 5.75 Å². The highest BCUT2D eigenvalue weighted by Gasteiger charge is 2.10. The van der Waals surface area contributed by atoms with Gasteiger partial charge in [0.2, 0.25) is 0 Å². The van der Waals surface area contributed by atoms with Crippen LogP contribution in [0.4, 0.5) is 0 Å². The Hall–Kier alpha value is -2.40. The summed E-state index contributed by atoms with van der Waals surface area (Å²) >= 11 is 0. The van der Waals surface area contributed by atoms with Gasteiger partial charge in [-0.15, -0.1) is 0 Å². The first-order valence-corrected chi connectivity index (χ1v) is 7.29. The van der Waals surface area contributed by atoms with Crippen molar-refractivity contribution < 1.29 is 9.84 Å². The molecule has 1 atom stereocenters. The van der Waals surface area contributed by atoms with E-state index in [0.717, 1.165) is 17.0 Å². The molecule has 3 rings (SSSR count). The van der Waals surface area contributed by atoms with E-state index in [1.165, 1.54) is 5.39 Å². The van der Waals surface area contributed by atoms with E-state index in [2.05, 4.69) is 16.1 Å². The summed E-state index contributed by atoms with van der Waals surface area (Å²) in [6.07, 6.45) is -0.633. The minimum Gasteiger partial charge on any atom is -0.491 e. The predicted octanol–water partition coefficient (Wildman–Crippen LogP) is 2.49. The number of hydrogen-bond donors (Lipinski definition) is 1. The Bertz CT molecular complexity index is 782. The molecule has 5 nitrogen and oxygen atoms in total. The highest BCUT2D eigenvalue weighted by Crippen LogP contribution is 2.20. The molecule has 1 aromatic heterocycles. The molecule has 3 aromatic rings. The van der Waals surface area contributed by atoms with Crippen LogP contribution in [-0.4, -0.2) is 32.6 Å². The summed E-state index contributed by atoms with van der Waals surface area (Å²) in [7, 11) is 0. The standard InChI is InChI=1S/C17H19N3O2/c1-12-18-13(2)20(19-12)10-16(21)11-22-17-8-7-14-5-3-4-6-15(14)9-17/h3-9,16,21H,10-11H2,1-2H3/t16-/m0/s1. The lowest BCUT2D eigenvalue weighted by molar-refractivity contribution is 0.0886. The first-order valence-electron chi connectivity index (χ1n) is 7.29. The van der Waals surface area contributed by atoms with Crippen LogP contribution in [0.3, 0.4) is 0 Å². The van der Waals surface area contributed by atoms with Crippen LogP contribution in [0.1, 0.15) is 11.6 Å². The van der Waals surface area contributed by atoms with Crippen LogP contribution in [0.25, 0.3) is 10.8 Å². The van der Waals surface area contributed by atoms with E-state index in [0.29, 0.717) is 12.4 Å². The Morgan fingerprint density at radius 1 is 1.14 bits per heavy atom. The Morgan fingerprint density at radius 2 is 1.91 bits per heavy atom. The summed E-state index contributed by atoms with van der Waals surface area (Å²) in [4.78, 5) is 4.22. The summed E-state index contributed by atoms with van der Waals surface area (Å²) in [5.74, 6) is 2.26. The molecule has 0 aliphatic carbocycles. The summed E-state index contributed by atoms with van der Waals surface area (Å²) in [5.41, 5.74) is 0. The number of fused-ring (bicyclic) bond motifs is 1. The smallest absolute Gasteiger partial charge is 0.147 e. The zero-order valence-corrected chi connectivity index (χ0v) is 12.7. The van der Waals surface area contributed by atoms with Crippen molar-refractivity contribution in [2.45, 2.75) is 26.5 Å². The predicted molar refractivity (Wildman–Crippen MR) is 84.9 cm³/mol. The van der Waals surface area contributed by atoms with Crippen LogP contribution < -0.4 is 4.74 Å². The molecule has 2 aromatic carbocycles. The molecule has 0 fully saturated rings. The third-order valence-corrected chi connectivity index (χ3v) is 3.51. The molecule has 5 heteroatoms. The first kappa shape index (κ1) is 14.5. The largest absolute Gasteiger partial charge is 0.491 e. The highest BCUT2D eigenvalue weighted by molar-refractivity contribution is 5.83. The van der Waals surface area contributed by atoms with Crippen molar-refractivity contribution in [3.05, 3.63) is 54.1 Å². The molecule has 0 aliphatic heterocycles. The molecule has 1 heterocycles. The number of aliphatic hydroxyl groups excluding tert-OH is 1. The molecular weight excluding hydrogens is 278 g/mol. The van der Waals surface area contributed by atoms with Crippen LogP contribution in [0.15, 0.2) is 42.5 Å². The van der Waals surface area contributed by atoms with Gasteiger partial charge in [0.05, 0.1) is 6.54 Å². The number of benzene rings is 2. The van der Waals surface area contributed by atoms with E-state index in [1.807, 2.05) is 50.2 Å². The molecule has 0 aliphatic rings. The molecule has 0 amide bonds. The lowest BCUT2D eigenvalue weighted by Crippen LogP contribution is -2.24. The molecule has 0 spiro atoms. The summed E-state index contributed by atoms with van der Waals surface area (Å²) in [5, 5.41) is 16.6. The van der Waals surface area contributed by atoms with Crippen LogP contribution >= 0.6 is 0 Å². The number of ether oxygens (including phenoxy) is 1. The van der Waals surface area contributed by atoms with Gasteiger partial charge >= 0.3 is 0 Å². The number of rotatable bonds is 5. The monoisotopic (exact) mass is 297 g/mol. The lowest BCUT2D eigenvalue weighted by Gasteiger charge is -2.13. The van der Waals surface area contributed by atoms with Crippen LogP contribution in [0.5, 0.6) is 5.75 Å². The third-order valence-electron chi connectivity index (χ3n) is 3.51. The van der Waals surface area contributed by atoms with Gasteiger partial charge in [0.15, 0.2) is 0 Å². The fraction of sp³-hybridized carbons (Fsp3) is 0.294. The van der Waals surface area contributed by atoms with E-state index in [9.17, 15) is 5.11 Å². The summed E-state index contributed by atoms with van der Waals surface area (Å²) < 4.78 is 7.38. The second kappa shape index (κ2) is 6.15. The average molecular weight is 297 g/mol. The highest BCUT2D eigenvalue weighted by atomic mass is 16.5. The molecule has 1 N–H and O–H groups in total. The van der Waals surface area contributed by atoms with Gasteiger partial charge in [-0.25, -0.2) is 9.67 Å². The molecular formula is C17H19N3O2. The Morgan fingerprint density at radius 3 is 2.64 bits per heavy atom. The van der Waals surface area contributed by atoms with Crippen molar-refractivity contribution in [1.29, 1.82) is 0 Å². The fourth-order valence-corrected chi connectivity index (χ4v) is 2.44. The average Bonchev–Trinajstić information content (AvgIpc) is 2.82. The Balaban J connectivity index is 1.62. The maximum absolute atomic E-state index is 10.1. The van der Waals surface area contributed by atoms with E-state index in [4.69, 9.17) is 4.74 Å². The summed E-state index contributed by atoms with van der Waals surface area (Å²) in [6, 6.07) is 14.0. The van der Waals surface area contributed by atoms with Crippen LogP contribution in [-0.2, 0) is 6.54 Å². The zero-order valence-electron chi connectivity index (χ0n) is 12.7. The molecule has 0 unspecified atom stereocenters. The second-order valence-corrected chi connectivity index (χ2v) is 5.36. The minimum absolute atomic E-state index is 0.219. The van der Waals surface area contributed by atoms with Gasteiger partial charge in [-0.05, 0) is 36.8 Å². The lowest BCUT2D eigenvalue weighted by atomic mass is 10.1. The van der Waals surface area contributed by atoms with Crippen molar-refractivity contribution >= 4 is 10.8 Å². The molecule has 0 saturated carbocycles. The van der Waals surface area contributed by atoms with Gasteiger partial charge in [0, 0.05) is 0 Å². The fourth-order valence-electron chi connectivity index (χ4n) is 2.44. The van der Waals surface area contributed by atoms with Gasteiger partial charge in [0.25, 0.3) is 0 Å².